The molecule has 3 heterocycles. The van der Waals surface area contributed by atoms with Crippen LogP contribution in [0.25, 0.3) is 11.4 Å². The highest BCUT2D eigenvalue weighted by Gasteiger charge is 2.33. The number of nitrogens with zero attached hydrogens (tertiary/aromatic N) is 7. The van der Waals surface area contributed by atoms with E-state index in [1.54, 1.807) is 41.2 Å². The molecule has 1 aliphatic heterocycles. The van der Waals surface area contributed by atoms with E-state index in [4.69, 9.17) is 0 Å². The molecule has 4 rings (SSSR count). The third-order valence-corrected chi connectivity index (χ3v) is 4.20. The fraction of sp³-hybridized carbons (Fsp3) is 0.312. The second kappa shape index (κ2) is 6.08. The maximum atomic E-state index is 13.4. The van der Waals surface area contributed by atoms with Gasteiger partial charge in [-0.05, 0) is 30.2 Å². The summed E-state index contributed by atoms with van der Waals surface area (Å²) >= 11 is 0. The Labute approximate surface area is 142 Å². The number of amides is 1. The quantitative estimate of drug-likeness (QED) is 0.722. The zero-order valence-electron chi connectivity index (χ0n) is 13.6. The zero-order valence-corrected chi connectivity index (χ0v) is 13.6. The number of tetrazole rings is 1. The highest BCUT2D eigenvalue weighted by molar-refractivity contribution is 5.96. The summed E-state index contributed by atoms with van der Waals surface area (Å²) in [5.74, 6) is -0.168. The molecule has 0 saturated carbocycles. The van der Waals surface area contributed by atoms with Crippen molar-refractivity contribution in [3.63, 3.8) is 0 Å². The van der Waals surface area contributed by atoms with E-state index < -0.39 is 6.04 Å². The number of piperidine rings is 1. The van der Waals surface area contributed by atoms with Crippen molar-refractivity contribution in [1.82, 2.24) is 30.0 Å². The van der Waals surface area contributed by atoms with Crippen LogP contribution in [0.2, 0.25) is 0 Å². The van der Waals surface area contributed by atoms with E-state index in [0.717, 1.165) is 12.1 Å². The van der Waals surface area contributed by atoms with E-state index >= 15 is 0 Å². The Morgan fingerprint density at radius 3 is 2.96 bits per heavy atom. The Bertz CT molecular complexity index is 919. The average Bonchev–Trinajstić information content (AvgIpc) is 3.24. The largest absolute Gasteiger partial charge is 0.308 e. The van der Waals surface area contributed by atoms with Crippen LogP contribution in [0.3, 0.4) is 0 Å². The van der Waals surface area contributed by atoms with E-state index in [1.165, 1.54) is 16.9 Å². The van der Waals surface area contributed by atoms with Crippen LogP contribution < -0.4 is 4.90 Å². The lowest BCUT2D eigenvalue weighted by Gasteiger charge is -2.30. The number of aromatic nitrogens is 6. The van der Waals surface area contributed by atoms with Crippen LogP contribution in [-0.4, -0.2) is 42.4 Å². The number of halogens is 1. The normalized spacial score (nSPS) is 17.9. The second-order valence-corrected chi connectivity index (χ2v) is 5.96. The molecule has 2 aromatic heterocycles. The van der Waals surface area contributed by atoms with Crippen molar-refractivity contribution in [3.8, 4) is 11.4 Å². The van der Waals surface area contributed by atoms with Gasteiger partial charge in [0, 0.05) is 25.4 Å². The van der Waals surface area contributed by atoms with Gasteiger partial charge in [0.2, 0.25) is 5.82 Å². The predicted octanol–water partition coefficient (Wildman–Crippen LogP) is 1.58. The lowest BCUT2D eigenvalue weighted by molar-refractivity contribution is -0.123. The fourth-order valence-electron chi connectivity index (χ4n) is 2.97. The molecule has 128 valence electrons. The maximum Gasteiger partial charge on any atom is 0.253 e. The predicted molar refractivity (Wildman–Crippen MR) is 87.0 cm³/mol. The van der Waals surface area contributed by atoms with Crippen LogP contribution in [0.5, 0.6) is 0 Å². The number of carbonyl (C=O) groups is 1. The van der Waals surface area contributed by atoms with E-state index in [-0.39, 0.29) is 11.7 Å². The first-order valence-electron chi connectivity index (χ1n) is 7.97. The number of hydrogen-bond donors (Lipinski definition) is 0. The van der Waals surface area contributed by atoms with Crippen molar-refractivity contribution in [2.75, 3.05) is 11.4 Å². The summed E-state index contributed by atoms with van der Waals surface area (Å²) in [6.45, 7) is 0.631. The van der Waals surface area contributed by atoms with Gasteiger partial charge >= 0.3 is 0 Å². The lowest BCUT2D eigenvalue weighted by atomic mass is 10.1. The van der Waals surface area contributed by atoms with Crippen LogP contribution in [-0.2, 0) is 11.8 Å². The molecule has 0 radical (unpaired) electrons. The summed E-state index contributed by atoms with van der Waals surface area (Å²) in [4.78, 5) is 15.8. The van der Waals surface area contributed by atoms with Crippen LogP contribution in [0.1, 0.15) is 18.9 Å². The summed E-state index contributed by atoms with van der Waals surface area (Å²) in [7, 11) is 1.81. The van der Waals surface area contributed by atoms with Crippen LogP contribution >= 0.6 is 0 Å². The summed E-state index contributed by atoms with van der Waals surface area (Å²) in [6.07, 6.45) is 4.91. The lowest BCUT2D eigenvalue weighted by Crippen LogP contribution is -2.42. The Balaban J connectivity index is 1.60. The third kappa shape index (κ3) is 2.88. The Morgan fingerprint density at radius 1 is 1.32 bits per heavy atom. The van der Waals surface area contributed by atoms with Gasteiger partial charge in [-0.2, -0.15) is 9.90 Å². The van der Waals surface area contributed by atoms with Crippen molar-refractivity contribution in [2.45, 2.75) is 18.9 Å². The molecule has 25 heavy (non-hydrogen) atoms. The Morgan fingerprint density at radius 2 is 2.20 bits per heavy atom. The van der Waals surface area contributed by atoms with Gasteiger partial charge in [0.05, 0.1) is 11.9 Å². The second-order valence-electron chi connectivity index (χ2n) is 5.96. The Kier molecular flexibility index (Phi) is 3.75. The first-order chi connectivity index (χ1) is 12.1. The zero-order chi connectivity index (χ0) is 17.4. The molecule has 1 amide bonds. The molecule has 1 saturated heterocycles. The van der Waals surface area contributed by atoms with E-state index in [2.05, 4.69) is 20.5 Å². The highest BCUT2D eigenvalue weighted by atomic mass is 19.1. The number of anilines is 1. The van der Waals surface area contributed by atoms with Crippen LogP contribution in [0.15, 0.2) is 36.7 Å². The summed E-state index contributed by atoms with van der Waals surface area (Å²) in [5, 5.41) is 16.4. The van der Waals surface area contributed by atoms with Gasteiger partial charge in [0.15, 0.2) is 6.04 Å². The average molecular weight is 341 g/mol. The minimum atomic E-state index is -0.524. The molecule has 1 unspecified atom stereocenters. The molecule has 1 fully saturated rings. The molecule has 0 bridgehead atoms. The van der Waals surface area contributed by atoms with Crippen molar-refractivity contribution in [3.05, 3.63) is 42.5 Å². The monoisotopic (exact) mass is 341 g/mol. The standard InChI is InChI=1S/C16H16FN7O/c1-22-10-13(9-18-22)23-7-3-6-14(16(23)25)24-20-15(19-21-24)11-4-2-5-12(17)8-11/h2,4-5,8-10,14H,3,6-7H2,1H3. The summed E-state index contributed by atoms with van der Waals surface area (Å²) in [5.41, 5.74) is 1.28. The van der Waals surface area contributed by atoms with Gasteiger partial charge in [0.25, 0.3) is 5.91 Å². The first-order valence-corrected chi connectivity index (χ1v) is 7.97. The van der Waals surface area contributed by atoms with Gasteiger partial charge < -0.3 is 4.90 Å². The number of aryl methyl sites for hydroxylation is 1. The van der Waals surface area contributed by atoms with Crippen molar-refractivity contribution < 1.29 is 9.18 Å². The smallest absolute Gasteiger partial charge is 0.253 e. The summed E-state index contributed by atoms with van der Waals surface area (Å²) in [6, 6.07) is 5.45. The van der Waals surface area contributed by atoms with E-state index in [0.29, 0.717) is 24.4 Å². The third-order valence-electron chi connectivity index (χ3n) is 4.20. The molecule has 1 aliphatic rings. The first kappa shape index (κ1) is 15.4. The molecule has 1 atom stereocenters. The minimum absolute atomic E-state index is 0.0950. The SMILES string of the molecule is Cn1cc(N2CCCC(n3nnc(-c4cccc(F)c4)n3)C2=O)cn1. The molecule has 9 heteroatoms. The van der Waals surface area contributed by atoms with E-state index in [9.17, 15) is 9.18 Å². The van der Waals surface area contributed by atoms with Crippen LogP contribution in [0.4, 0.5) is 10.1 Å². The van der Waals surface area contributed by atoms with Gasteiger partial charge in [-0.15, -0.1) is 10.2 Å². The topological polar surface area (TPSA) is 81.7 Å². The minimum Gasteiger partial charge on any atom is -0.308 e. The molecule has 0 N–H and O–H groups in total. The van der Waals surface area contributed by atoms with Gasteiger partial charge in [-0.1, -0.05) is 12.1 Å². The Hall–Kier alpha value is -3.10. The van der Waals surface area contributed by atoms with Crippen molar-refractivity contribution in [2.24, 2.45) is 7.05 Å². The van der Waals surface area contributed by atoms with Gasteiger partial charge in [-0.25, -0.2) is 4.39 Å². The molecule has 3 aromatic rings. The number of benzene rings is 1. The fourth-order valence-corrected chi connectivity index (χ4v) is 2.97. The maximum absolute atomic E-state index is 13.4. The molecular formula is C16H16FN7O. The number of rotatable bonds is 3. The van der Waals surface area contributed by atoms with E-state index in [1.807, 2.05) is 0 Å². The van der Waals surface area contributed by atoms with Gasteiger partial charge in [-0.3, -0.25) is 9.48 Å². The molecule has 8 nitrogen and oxygen atoms in total. The summed E-state index contributed by atoms with van der Waals surface area (Å²) < 4.78 is 15.0. The van der Waals surface area contributed by atoms with Gasteiger partial charge in [0.1, 0.15) is 5.82 Å². The number of hydrogen-bond acceptors (Lipinski definition) is 5. The molecule has 1 aromatic carbocycles. The van der Waals surface area contributed by atoms with Crippen LogP contribution in [0, 0.1) is 5.82 Å². The van der Waals surface area contributed by atoms with Crippen molar-refractivity contribution >= 4 is 11.6 Å². The highest BCUT2D eigenvalue weighted by Crippen LogP contribution is 2.27. The number of carbonyl (C=O) groups excluding carboxylic acids is 1. The van der Waals surface area contributed by atoms with Crippen molar-refractivity contribution in [1.29, 1.82) is 0 Å². The molecular weight excluding hydrogens is 325 g/mol. The molecule has 0 aliphatic carbocycles. The molecule has 0 spiro atoms.